The van der Waals surface area contributed by atoms with Crippen molar-refractivity contribution in [3.05, 3.63) is 33.9 Å². The van der Waals surface area contributed by atoms with E-state index >= 15 is 0 Å². The summed E-state index contributed by atoms with van der Waals surface area (Å²) < 4.78 is 4.39. The van der Waals surface area contributed by atoms with Gasteiger partial charge in [0.2, 0.25) is 6.41 Å². The van der Waals surface area contributed by atoms with Crippen LogP contribution in [0.1, 0.15) is 11.3 Å². The molecule has 0 radical (unpaired) electrons. The molecule has 7 heteroatoms. The maximum atomic E-state index is 11.1. The molecule has 6 nitrogen and oxygen atoms in total. The van der Waals surface area contributed by atoms with Crippen molar-refractivity contribution in [2.45, 2.75) is 12.8 Å². The van der Waals surface area contributed by atoms with Crippen molar-refractivity contribution in [1.82, 2.24) is 19.1 Å². The number of hydrogen-bond acceptors (Lipinski definition) is 4. The predicted octanol–water partition coefficient (Wildman–Crippen LogP) is 0.179. The van der Waals surface area contributed by atoms with Crippen LogP contribution in [-0.4, -0.2) is 38.6 Å². The fraction of sp³-hybridized carbons (Fsp3) is 0.364. The van der Waals surface area contributed by atoms with Crippen LogP contribution in [0, 0.1) is 0 Å². The first-order chi connectivity index (χ1) is 8.76. The number of nitrogens with one attached hydrogen (secondary N) is 1. The number of carbonyl (C=O) groups is 1. The third-order valence-electron chi connectivity index (χ3n) is 3.07. The largest absolute Gasteiger partial charge is 0.345 e. The molecule has 0 aromatic carbocycles. The Hall–Kier alpha value is -1.89. The van der Waals surface area contributed by atoms with Crippen molar-refractivity contribution in [3.63, 3.8) is 0 Å². The number of aromatic amines is 1. The van der Waals surface area contributed by atoms with Gasteiger partial charge < -0.3 is 4.90 Å². The second-order valence-corrected chi connectivity index (χ2v) is 5.06. The Morgan fingerprint density at radius 1 is 1.39 bits per heavy atom. The van der Waals surface area contributed by atoms with Crippen LogP contribution >= 0.6 is 11.5 Å². The van der Waals surface area contributed by atoms with E-state index in [0.717, 1.165) is 42.1 Å². The number of hydrogen-bond donors (Lipinski definition) is 1. The Balaban J connectivity index is 1.90. The SMILES string of the molecule is O=CN1CCc2cn(-c3cc(=O)[nH]s3)nc2CC1. The standard InChI is InChI=1S/C11H12N4O2S/c16-7-14-3-1-8-6-15(12-9(8)2-4-14)11-5-10(17)13-18-11/h5-7H,1-4H2,(H,13,17). The Morgan fingerprint density at radius 2 is 2.22 bits per heavy atom. The third kappa shape index (κ3) is 1.97. The van der Waals surface area contributed by atoms with Crippen LogP contribution in [0.2, 0.25) is 0 Å². The molecule has 0 fully saturated rings. The summed E-state index contributed by atoms with van der Waals surface area (Å²) in [5.74, 6) is 0. The van der Waals surface area contributed by atoms with E-state index in [9.17, 15) is 9.59 Å². The van der Waals surface area contributed by atoms with Gasteiger partial charge >= 0.3 is 0 Å². The first kappa shape index (κ1) is 11.2. The number of aromatic nitrogens is 3. The number of carbonyl (C=O) groups excluding carboxylic acids is 1. The maximum absolute atomic E-state index is 11.1. The van der Waals surface area contributed by atoms with Crippen LogP contribution in [0.3, 0.4) is 0 Å². The molecule has 0 spiro atoms. The molecule has 0 atom stereocenters. The van der Waals surface area contributed by atoms with E-state index in [0.29, 0.717) is 6.54 Å². The Kier molecular flexibility index (Phi) is 2.75. The second-order valence-electron chi connectivity index (χ2n) is 4.24. The highest BCUT2D eigenvalue weighted by Crippen LogP contribution is 2.17. The molecule has 1 aliphatic heterocycles. The Labute approximate surface area is 107 Å². The lowest BCUT2D eigenvalue weighted by Crippen LogP contribution is -2.24. The fourth-order valence-corrected chi connectivity index (χ4v) is 2.71. The van der Waals surface area contributed by atoms with Gasteiger partial charge in [-0.05, 0) is 23.5 Å². The highest BCUT2D eigenvalue weighted by Gasteiger charge is 2.16. The normalized spacial score (nSPS) is 15.2. The van der Waals surface area contributed by atoms with Crippen LogP contribution in [0.25, 0.3) is 5.00 Å². The maximum Gasteiger partial charge on any atom is 0.260 e. The minimum atomic E-state index is -0.104. The van der Waals surface area contributed by atoms with Crippen LogP contribution in [0.15, 0.2) is 17.1 Å². The zero-order chi connectivity index (χ0) is 12.5. The topological polar surface area (TPSA) is 71.0 Å². The van der Waals surface area contributed by atoms with Gasteiger partial charge in [-0.25, -0.2) is 4.68 Å². The summed E-state index contributed by atoms with van der Waals surface area (Å²) in [6.07, 6.45) is 4.41. The molecular formula is C11H12N4O2S. The summed E-state index contributed by atoms with van der Waals surface area (Å²) in [7, 11) is 0. The monoisotopic (exact) mass is 264 g/mol. The molecule has 0 bridgehead atoms. The van der Waals surface area contributed by atoms with E-state index in [1.54, 1.807) is 9.58 Å². The van der Waals surface area contributed by atoms with Crippen molar-refractivity contribution < 1.29 is 4.79 Å². The van der Waals surface area contributed by atoms with Gasteiger partial charge in [0, 0.05) is 31.8 Å². The molecule has 0 saturated carbocycles. The average Bonchev–Trinajstić information content (AvgIpc) is 2.92. The van der Waals surface area contributed by atoms with E-state index in [4.69, 9.17) is 0 Å². The molecule has 1 N–H and O–H groups in total. The highest BCUT2D eigenvalue weighted by molar-refractivity contribution is 7.08. The smallest absolute Gasteiger partial charge is 0.260 e. The minimum absolute atomic E-state index is 0.104. The zero-order valence-electron chi connectivity index (χ0n) is 9.63. The minimum Gasteiger partial charge on any atom is -0.345 e. The van der Waals surface area contributed by atoms with Crippen LogP contribution in [0.5, 0.6) is 0 Å². The van der Waals surface area contributed by atoms with Gasteiger partial charge in [0.1, 0.15) is 5.00 Å². The third-order valence-corrected chi connectivity index (χ3v) is 3.88. The van der Waals surface area contributed by atoms with Gasteiger partial charge in [0.15, 0.2) is 0 Å². The van der Waals surface area contributed by atoms with E-state index in [1.165, 1.54) is 17.6 Å². The first-order valence-corrected chi connectivity index (χ1v) is 6.53. The van der Waals surface area contributed by atoms with Crippen molar-refractivity contribution in [1.29, 1.82) is 0 Å². The van der Waals surface area contributed by atoms with Crippen molar-refractivity contribution in [2.24, 2.45) is 0 Å². The molecule has 2 aromatic heterocycles. The summed E-state index contributed by atoms with van der Waals surface area (Å²) in [6.45, 7) is 1.43. The molecule has 18 heavy (non-hydrogen) atoms. The molecule has 94 valence electrons. The van der Waals surface area contributed by atoms with Gasteiger partial charge in [-0.3, -0.25) is 14.0 Å². The Morgan fingerprint density at radius 3 is 2.94 bits per heavy atom. The highest BCUT2D eigenvalue weighted by atomic mass is 32.1. The summed E-state index contributed by atoms with van der Waals surface area (Å²) in [4.78, 5) is 23.6. The Bertz CT molecular complexity index is 602. The molecule has 1 amide bonds. The number of nitrogens with zero attached hydrogens (tertiary/aromatic N) is 3. The summed E-state index contributed by atoms with van der Waals surface area (Å²) >= 11 is 1.27. The predicted molar refractivity (Wildman–Crippen MR) is 67.1 cm³/mol. The lowest BCUT2D eigenvalue weighted by Gasteiger charge is -2.12. The molecule has 0 unspecified atom stereocenters. The molecule has 3 rings (SSSR count). The molecule has 2 aromatic rings. The molecule has 0 saturated heterocycles. The van der Waals surface area contributed by atoms with Gasteiger partial charge in [0.25, 0.3) is 5.56 Å². The van der Waals surface area contributed by atoms with Crippen molar-refractivity contribution in [3.8, 4) is 5.00 Å². The quantitative estimate of drug-likeness (QED) is 0.786. The zero-order valence-corrected chi connectivity index (χ0v) is 10.4. The lowest BCUT2D eigenvalue weighted by atomic mass is 10.2. The lowest BCUT2D eigenvalue weighted by molar-refractivity contribution is -0.118. The van der Waals surface area contributed by atoms with Gasteiger partial charge in [0.05, 0.1) is 5.69 Å². The molecule has 3 heterocycles. The van der Waals surface area contributed by atoms with Gasteiger partial charge in [-0.1, -0.05) is 0 Å². The number of fused-ring (bicyclic) bond motifs is 1. The van der Waals surface area contributed by atoms with E-state index in [1.807, 2.05) is 6.20 Å². The summed E-state index contributed by atoms with van der Waals surface area (Å²) in [5.41, 5.74) is 2.06. The van der Waals surface area contributed by atoms with Crippen LogP contribution in [0.4, 0.5) is 0 Å². The number of rotatable bonds is 2. The second kappa shape index (κ2) is 4.41. The fourth-order valence-electron chi connectivity index (χ4n) is 2.09. The van der Waals surface area contributed by atoms with Gasteiger partial charge in [-0.2, -0.15) is 5.10 Å². The van der Waals surface area contributed by atoms with Gasteiger partial charge in [-0.15, -0.1) is 0 Å². The van der Waals surface area contributed by atoms with E-state index in [-0.39, 0.29) is 5.56 Å². The summed E-state index contributed by atoms with van der Waals surface area (Å²) in [5, 5.41) is 5.28. The van der Waals surface area contributed by atoms with Crippen LogP contribution < -0.4 is 5.56 Å². The average molecular weight is 264 g/mol. The molecular weight excluding hydrogens is 252 g/mol. The first-order valence-electron chi connectivity index (χ1n) is 5.72. The van der Waals surface area contributed by atoms with Crippen molar-refractivity contribution >= 4 is 17.9 Å². The van der Waals surface area contributed by atoms with E-state index in [2.05, 4.69) is 9.47 Å². The number of H-pyrrole nitrogens is 1. The summed E-state index contributed by atoms with van der Waals surface area (Å²) in [6, 6.07) is 1.54. The van der Waals surface area contributed by atoms with Crippen LogP contribution in [-0.2, 0) is 17.6 Å². The van der Waals surface area contributed by atoms with Crippen molar-refractivity contribution in [2.75, 3.05) is 13.1 Å². The molecule has 0 aliphatic carbocycles. The molecule has 1 aliphatic rings. The number of amides is 1. The van der Waals surface area contributed by atoms with E-state index < -0.39 is 0 Å².